The molecule has 0 heterocycles. The molecule has 0 N–H and O–H groups in total. The van der Waals surface area contributed by atoms with Gasteiger partial charge in [-0.3, -0.25) is 9.59 Å². The molecular formula is C8H12O2. The third-order valence-corrected chi connectivity index (χ3v) is 2.21. The van der Waals surface area contributed by atoms with Gasteiger partial charge in [-0.25, -0.2) is 0 Å². The molecule has 2 atom stereocenters. The molecule has 2 unspecified atom stereocenters. The molecule has 0 bridgehead atoms. The van der Waals surface area contributed by atoms with Crippen molar-refractivity contribution in [1.82, 2.24) is 0 Å². The third-order valence-electron chi connectivity index (χ3n) is 2.21. The molecule has 1 rings (SSSR count). The van der Waals surface area contributed by atoms with Crippen molar-refractivity contribution in [2.75, 3.05) is 0 Å². The monoisotopic (exact) mass is 140 g/mol. The zero-order chi connectivity index (χ0) is 7.72. The number of hydrogen-bond donors (Lipinski definition) is 0. The summed E-state index contributed by atoms with van der Waals surface area (Å²) in [7, 11) is 0. The van der Waals surface area contributed by atoms with E-state index in [0.717, 1.165) is 12.8 Å². The zero-order valence-corrected chi connectivity index (χ0v) is 6.39. The summed E-state index contributed by atoms with van der Waals surface area (Å²) in [5.74, 6) is 0.0331. The highest BCUT2D eigenvalue weighted by atomic mass is 16.2. The second kappa shape index (κ2) is 2.52. The van der Waals surface area contributed by atoms with Gasteiger partial charge in [0.25, 0.3) is 0 Å². The smallest absolute Gasteiger partial charge is 0.146 e. The summed E-state index contributed by atoms with van der Waals surface area (Å²) < 4.78 is 0. The topological polar surface area (TPSA) is 34.1 Å². The molecule has 0 spiro atoms. The molecule has 2 nitrogen and oxygen atoms in total. The fourth-order valence-corrected chi connectivity index (χ4v) is 1.45. The van der Waals surface area contributed by atoms with Crippen LogP contribution in [0.25, 0.3) is 0 Å². The van der Waals surface area contributed by atoms with Crippen LogP contribution in [0, 0.1) is 11.8 Å². The van der Waals surface area contributed by atoms with Crippen LogP contribution in [-0.2, 0) is 9.59 Å². The van der Waals surface area contributed by atoms with E-state index in [1.54, 1.807) is 0 Å². The van der Waals surface area contributed by atoms with Crippen LogP contribution in [0.1, 0.15) is 26.7 Å². The van der Waals surface area contributed by atoms with Crippen LogP contribution in [0.15, 0.2) is 0 Å². The van der Waals surface area contributed by atoms with E-state index in [4.69, 9.17) is 0 Å². The maximum Gasteiger partial charge on any atom is 0.146 e. The molecule has 1 aliphatic rings. The number of Topliss-reactive ketones (excluding diaryl/α,β-unsaturated/α-hetero) is 2. The van der Waals surface area contributed by atoms with E-state index in [-0.39, 0.29) is 23.4 Å². The Hall–Kier alpha value is -0.660. The summed E-state index contributed by atoms with van der Waals surface area (Å²) in [5.41, 5.74) is 0. The Morgan fingerprint density at radius 2 is 2.10 bits per heavy atom. The number of ketones is 2. The van der Waals surface area contributed by atoms with Crippen molar-refractivity contribution in [2.45, 2.75) is 26.7 Å². The van der Waals surface area contributed by atoms with Crippen LogP contribution in [-0.4, -0.2) is 11.6 Å². The van der Waals surface area contributed by atoms with Crippen molar-refractivity contribution in [3.05, 3.63) is 0 Å². The fraction of sp³-hybridized carbons (Fsp3) is 0.750. The van der Waals surface area contributed by atoms with Gasteiger partial charge in [-0.05, 0) is 19.8 Å². The van der Waals surface area contributed by atoms with Gasteiger partial charge < -0.3 is 0 Å². The van der Waals surface area contributed by atoms with Gasteiger partial charge in [0.05, 0.1) is 5.92 Å². The summed E-state index contributed by atoms with van der Waals surface area (Å²) in [6.45, 7) is 3.39. The molecule has 0 aromatic heterocycles. The molecule has 0 aromatic rings. The number of rotatable bonds is 1. The van der Waals surface area contributed by atoms with Crippen LogP contribution in [0.4, 0.5) is 0 Å². The van der Waals surface area contributed by atoms with Gasteiger partial charge in [-0.15, -0.1) is 0 Å². The van der Waals surface area contributed by atoms with E-state index in [2.05, 4.69) is 0 Å². The summed E-state index contributed by atoms with van der Waals surface area (Å²) >= 11 is 0. The third kappa shape index (κ3) is 1.11. The van der Waals surface area contributed by atoms with Gasteiger partial charge in [-0.2, -0.15) is 0 Å². The number of hydrogen-bond acceptors (Lipinski definition) is 2. The van der Waals surface area contributed by atoms with Crippen LogP contribution in [0.2, 0.25) is 0 Å². The largest absolute Gasteiger partial charge is 0.299 e. The lowest BCUT2D eigenvalue weighted by Gasteiger charge is -2.01. The van der Waals surface area contributed by atoms with Crippen molar-refractivity contribution in [3.8, 4) is 0 Å². The van der Waals surface area contributed by atoms with Crippen molar-refractivity contribution in [1.29, 1.82) is 0 Å². The van der Waals surface area contributed by atoms with E-state index >= 15 is 0 Å². The molecule has 56 valence electrons. The average molecular weight is 140 g/mol. The summed E-state index contributed by atoms with van der Waals surface area (Å²) in [6.07, 6.45) is 1.67. The highest BCUT2D eigenvalue weighted by molar-refractivity contribution is 6.03. The van der Waals surface area contributed by atoms with Gasteiger partial charge >= 0.3 is 0 Å². The first-order valence-corrected chi connectivity index (χ1v) is 3.67. The minimum absolute atomic E-state index is 0.0364. The minimum Gasteiger partial charge on any atom is -0.299 e. The van der Waals surface area contributed by atoms with Crippen LogP contribution < -0.4 is 0 Å². The predicted octanol–water partition coefficient (Wildman–Crippen LogP) is 1.19. The fourth-order valence-electron chi connectivity index (χ4n) is 1.45. The lowest BCUT2D eigenvalue weighted by molar-refractivity contribution is -0.131. The van der Waals surface area contributed by atoms with Gasteiger partial charge in [0.2, 0.25) is 0 Å². The number of carbonyl (C=O) groups is 2. The predicted molar refractivity (Wildman–Crippen MR) is 37.6 cm³/mol. The Bertz CT molecular complexity index is 172. The Balaban J connectivity index is 2.66. The molecule has 1 fully saturated rings. The summed E-state index contributed by atoms with van der Waals surface area (Å²) in [6, 6.07) is 0. The van der Waals surface area contributed by atoms with E-state index in [1.807, 2.05) is 6.92 Å². The highest BCUT2D eigenvalue weighted by Crippen LogP contribution is 2.26. The van der Waals surface area contributed by atoms with Crippen LogP contribution in [0.3, 0.4) is 0 Å². The molecule has 1 aliphatic carbocycles. The Kier molecular flexibility index (Phi) is 1.88. The summed E-state index contributed by atoms with van der Waals surface area (Å²) in [4.78, 5) is 21.9. The van der Waals surface area contributed by atoms with Gasteiger partial charge in [0.1, 0.15) is 11.6 Å². The second-order valence-corrected chi connectivity index (χ2v) is 3.04. The minimum atomic E-state index is -0.269. The molecule has 1 saturated carbocycles. The molecule has 0 radical (unpaired) electrons. The number of carbonyl (C=O) groups excluding carboxylic acids is 2. The molecule has 2 heteroatoms. The SMILES string of the molecule is CC(=O)C1CCC(C)C1=O. The molecule has 0 aliphatic heterocycles. The van der Waals surface area contributed by atoms with Crippen molar-refractivity contribution in [3.63, 3.8) is 0 Å². The normalized spacial score (nSPS) is 32.8. The van der Waals surface area contributed by atoms with E-state index < -0.39 is 0 Å². The Morgan fingerprint density at radius 3 is 2.30 bits per heavy atom. The van der Waals surface area contributed by atoms with E-state index in [9.17, 15) is 9.59 Å². The lowest BCUT2D eigenvalue weighted by atomic mass is 10.0. The molecule has 0 saturated heterocycles. The molecule has 0 aromatic carbocycles. The first kappa shape index (κ1) is 7.45. The van der Waals surface area contributed by atoms with Crippen molar-refractivity contribution in [2.24, 2.45) is 11.8 Å². The standard InChI is InChI=1S/C8H12O2/c1-5-3-4-7(6(2)9)8(5)10/h5,7H,3-4H2,1-2H3. The first-order valence-electron chi connectivity index (χ1n) is 3.67. The van der Waals surface area contributed by atoms with Gasteiger partial charge in [0.15, 0.2) is 0 Å². The van der Waals surface area contributed by atoms with E-state index in [0.29, 0.717) is 0 Å². The average Bonchev–Trinajstić information content (AvgIpc) is 2.14. The second-order valence-electron chi connectivity index (χ2n) is 3.04. The first-order chi connectivity index (χ1) is 4.63. The van der Waals surface area contributed by atoms with Crippen molar-refractivity contribution >= 4 is 11.6 Å². The van der Waals surface area contributed by atoms with Crippen LogP contribution in [0.5, 0.6) is 0 Å². The zero-order valence-electron chi connectivity index (χ0n) is 6.39. The van der Waals surface area contributed by atoms with Crippen molar-refractivity contribution < 1.29 is 9.59 Å². The summed E-state index contributed by atoms with van der Waals surface area (Å²) in [5, 5.41) is 0. The lowest BCUT2D eigenvalue weighted by Crippen LogP contribution is -2.18. The Labute approximate surface area is 60.6 Å². The van der Waals surface area contributed by atoms with Gasteiger partial charge in [-0.1, -0.05) is 6.92 Å². The maximum atomic E-state index is 11.1. The van der Waals surface area contributed by atoms with Gasteiger partial charge in [0, 0.05) is 5.92 Å². The quantitative estimate of drug-likeness (QED) is 0.513. The maximum absolute atomic E-state index is 11.1. The Morgan fingerprint density at radius 1 is 1.50 bits per heavy atom. The highest BCUT2D eigenvalue weighted by Gasteiger charge is 2.33. The molecular weight excluding hydrogens is 128 g/mol. The van der Waals surface area contributed by atoms with Crippen LogP contribution >= 0.6 is 0 Å². The molecule has 0 amide bonds. The van der Waals surface area contributed by atoms with E-state index in [1.165, 1.54) is 6.92 Å². The molecule has 10 heavy (non-hydrogen) atoms.